The molecule has 0 saturated carbocycles. The zero-order chi connectivity index (χ0) is 12.7. The molecule has 0 amide bonds. The van der Waals surface area contributed by atoms with E-state index < -0.39 is 11.6 Å². The van der Waals surface area contributed by atoms with Crippen molar-refractivity contribution in [3.05, 3.63) is 29.8 Å². The van der Waals surface area contributed by atoms with Crippen LogP contribution in [0.15, 0.2) is 18.2 Å². The zero-order valence-electron chi connectivity index (χ0n) is 9.54. The maximum atomic E-state index is 13.2. The highest BCUT2D eigenvalue weighted by molar-refractivity contribution is 5.24. The van der Waals surface area contributed by atoms with Crippen molar-refractivity contribution in [2.45, 2.75) is 19.4 Å². The summed E-state index contributed by atoms with van der Waals surface area (Å²) in [7, 11) is 0. The molecule has 1 atom stereocenters. The van der Waals surface area contributed by atoms with Crippen LogP contribution in [-0.4, -0.2) is 19.2 Å². The van der Waals surface area contributed by atoms with E-state index in [-0.39, 0.29) is 18.4 Å². The van der Waals surface area contributed by atoms with Crippen molar-refractivity contribution in [1.82, 2.24) is 5.32 Å². The Bertz CT molecular complexity index is 404. The molecule has 0 radical (unpaired) electrons. The van der Waals surface area contributed by atoms with Crippen molar-refractivity contribution in [2.24, 2.45) is 0 Å². The van der Waals surface area contributed by atoms with Gasteiger partial charge in [0.15, 0.2) is 11.6 Å². The van der Waals surface area contributed by atoms with Gasteiger partial charge in [0.25, 0.3) is 0 Å². The first-order valence-electron chi connectivity index (χ1n) is 5.38. The third-order valence-electron chi connectivity index (χ3n) is 2.16. The van der Waals surface area contributed by atoms with Gasteiger partial charge in [-0.3, -0.25) is 0 Å². The molecule has 0 aliphatic heterocycles. The lowest BCUT2D eigenvalue weighted by Crippen LogP contribution is -2.28. The standard InChI is InChI=1S/C12H14F2N2O/c1-2-16-10(8-15)5-6-17-12-4-3-9(13)7-11(12)14/h3-4,7,10,16H,2,5-6H2,1H3. The van der Waals surface area contributed by atoms with Crippen molar-refractivity contribution in [2.75, 3.05) is 13.2 Å². The van der Waals surface area contributed by atoms with Crippen LogP contribution in [0.5, 0.6) is 5.75 Å². The predicted octanol–water partition coefficient (Wildman–Crippen LogP) is 2.24. The maximum Gasteiger partial charge on any atom is 0.167 e. The van der Waals surface area contributed by atoms with Crippen molar-refractivity contribution >= 4 is 0 Å². The van der Waals surface area contributed by atoms with Crippen LogP contribution in [0.25, 0.3) is 0 Å². The van der Waals surface area contributed by atoms with Crippen LogP contribution >= 0.6 is 0 Å². The highest BCUT2D eigenvalue weighted by Gasteiger charge is 2.08. The Balaban J connectivity index is 2.43. The van der Waals surface area contributed by atoms with E-state index in [2.05, 4.69) is 11.4 Å². The maximum absolute atomic E-state index is 13.2. The van der Waals surface area contributed by atoms with Gasteiger partial charge < -0.3 is 10.1 Å². The molecule has 92 valence electrons. The van der Waals surface area contributed by atoms with Crippen LogP contribution in [-0.2, 0) is 0 Å². The molecule has 3 nitrogen and oxygen atoms in total. The van der Waals surface area contributed by atoms with Gasteiger partial charge in [-0.25, -0.2) is 8.78 Å². The summed E-state index contributed by atoms with van der Waals surface area (Å²) in [5, 5.41) is 11.7. The van der Waals surface area contributed by atoms with E-state index in [9.17, 15) is 8.78 Å². The van der Waals surface area contributed by atoms with E-state index in [0.29, 0.717) is 13.0 Å². The fourth-order valence-electron chi connectivity index (χ4n) is 1.34. The molecule has 0 aromatic heterocycles. The Morgan fingerprint density at radius 1 is 1.47 bits per heavy atom. The lowest BCUT2D eigenvalue weighted by atomic mass is 10.2. The second-order valence-electron chi connectivity index (χ2n) is 3.45. The van der Waals surface area contributed by atoms with Crippen molar-refractivity contribution < 1.29 is 13.5 Å². The van der Waals surface area contributed by atoms with Crippen LogP contribution in [0.3, 0.4) is 0 Å². The molecule has 0 aliphatic carbocycles. The molecular weight excluding hydrogens is 226 g/mol. The molecule has 0 saturated heterocycles. The Labute approximate surface area is 99.0 Å². The molecule has 17 heavy (non-hydrogen) atoms. The largest absolute Gasteiger partial charge is 0.490 e. The SMILES string of the molecule is CCNC(C#N)CCOc1ccc(F)cc1F. The van der Waals surface area contributed by atoms with E-state index >= 15 is 0 Å². The lowest BCUT2D eigenvalue weighted by molar-refractivity contribution is 0.284. The van der Waals surface area contributed by atoms with E-state index in [1.807, 2.05) is 6.92 Å². The zero-order valence-corrected chi connectivity index (χ0v) is 9.54. The number of halogens is 2. The highest BCUT2D eigenvalue weighted by Crippen LogP contribution is 2.17. The third kappa shape index (κ3) is 4.37. The average Bonchev–Trinajstić information content (AvgIpc) is 2.30. The second-order valence-corrected chi connectivity index (χ2v) is 3.45. The Morgan fingerprint density at radius 3 is 2.82 bits per heavy atom. The van der Waals surface area contributed by atoms with Gasteiger partial charge in [-0.1, -0.05) is 6.92 Å². The van der Waals surface area contributed by atoms with Crippen LogP contribution in [0.2, 0.25) is 0 Å². The normalized spacial score (nSPS) is 11.9. The van der Waals surface area contributed by atoms with Gasteiger partial charge in [0.2, 0.25) is 0 Å². The van der Waals surface area contributed by atoms with Gasteiger partial charge in [-0.2, -0.15) is 5.26 Å². The molecule has 1 N–H and O–H groups in total. The van der Waals surface area contributed by atoms with Gasteiger partial charge in [-0.05, 0) is 18.7 Å². The van der Waals surface area contributed by atoms with Gasteiger partial charge in [0, 0.05) is 12.5 Å². The quantitative estimate of drug-likeness (QED) is 0.829. The summed E-state index contributed by atoms with van der Waals surface area (Å²) in [4.78, 5) is 0. The van der Waals surface area contributed by atoms with Crippen LogP contribution in [0.4, 0.5) is 8.78 Å². The molecule has 0 fully saturated rings. The summed E-state index contributed by atoms with van der Waals surface area (Å²) in [6.07, 6.45) is 0.446. The van der Waals surface area contributed by atoms with E-state index in [1.54, 1.807) is 0 Å². The number of nitriles is 1. The highest BCUT2D eigenvalue weighted by atomic mass is 19.1. The Kier molecular flexibility index (Phi) is 5.37. The number of hydrogen-bond donors (Lipinski definition) is 1. The van der Waals surface area contributed by atoms with Gasteiger partial charge in [0.05, 0.1) is 18.7 Å². The summed E-state index contributed by atoms with van der Waals surface area (Å²) in [5.74, 6) is -1.38. The number of nitrogens with zero attached hydrogens (tertiary/aromatic N) is 1. The number of benzene rings is 1. The molecule has 1 unspecified atom stereocenters. The summed E-state index contributed by atoms with van der Waals surface area (Å²) in [5.41, 5.74) is 0. The minimum Gasteiger partial charge on any atom is -0.490 e. The van der Waals surface area contributed by atoms with Gasteiger partial charge in [-0.15, -0.1) is 0 Å². The Hall–Kier alpha value is -1.67. The minimum atomic E-state index is -0.734. The van der Waals surface area contributed by atoms with Crippen LogP contribution < -0.4 is 10.1 Å². The van der Waals surface area contributed by atoms with Crippen molar-refractivity contribution in [3.63, 3.8) is 0 Å². The molecule has 0 spiro atoms. The monoisotopic (exact) mass is 240 g/mol. The van der Waals surface area contributed by atoms with E-state index in [4.69, 9.17) is 10.00 Å². The van der Waals surface area contributed by atoms with Crippen LogP contribution in [0.1, 0.15) is 13.3 Å². The number of nitrogens with one attached hydrogen (secondary N) is 1. The fraction of sp³-hybridized carbons (Fsp3) is 0.417. The first-order valence-corrected chi connectivity index (χ1v) is 5.38. The van der Waals surface area contributed by atoms with Gasteiger partial charge in [0.1, 0.15) is 5.82 Å². The third-order valence-corrected chi connectivity index (χ3v) is 2.16. The van der Waals surface area contributed by atoms with E-state index in [1.165, 1.54) is 6.07 Å². The average molecular weight is 240 g/mol. The van der Waals surface area contributed by atoms with E-state index in [0.717, 1.165) is 12.1 Å². The second kappa shape index (κ2) is 6.81. The summed E-state index contributed by atoms with van der Waals surface area (Å²) in [6.45, 7) is 2.78. The van der Waals surface area contributed by atoms with Crippen molar-refractivity contribution in [3.8, 4) is 11.8 Å². The molecule has 0 heterocycles. The smallest absolute Gasteiger partial charge is 0.167 e. The summed E-state index contributed by atoms with van der Waals surface area (Å²) in [6, 6.07) is 4.88. The molecule has 1 aromatic carbocycles. The van der Waals surface area contributed by atoms with Crippen molar-refractivity contribution in [1.29, 1.82) is 5.26 Å². The molecule has 5 heteroatoms. The molecule has 0 bridgehead atoms. The van der Waals surface area contributed by atoms with Gasteiger partial charge >= 0.3 is 0 Å². The Morgan fingerprint density at radius 2 is 2.24 bits per heavy atom. The minimum absolute atomic E-state index is 0.000381. The lowest BCUT2D eigenvalue weighted by Gasteiger charge is -2.11. The topological polar surface area (TPSA) is 45.0 Å². The molecule has 1 rings (SSSR count). The first-order chi connectivity index (χ1) is 8.17. The first kappa shape index (κ1) is 13.4. The number of rotatable bonds is 6. The fourth-order valence-corrected chi connectivity index (χ4v) is 1.34. The number of hydrogen-bond acceptors (Lipinski definition) is 3. The molecule has 1 aromatic rings. The molecule has 0 aliphatic rings. The summed E-state index contributed by atoms with van der Waals surface area (Å²) < 4.78 is 30.9. The summed E-state index contributed by atoms with van der Waals surface area (Å²) >= 11 is 0. The predicted molar refractivity (Wildman–Crippen MR) is 59.5 cm³/mol. The molecular formula is C12H14F2N2O. The number of ether oxygens (including phenoxy) is 1. The van der Waals surface area contributed by atoms with Crippen LogP contribution in [0, 0.1) is 23.0 Å².